The van der Waals surface area contributed by atoms with Gasteiger partial charge in [0, 0.05) is 17.7 Å². The zero-order valence-corrected chi connectivity index (χ0v) is 18.3. The van der Waals surface area contributed by atoms with E-state index < -0.39 is 16.0 Å². The van der Waals surface area contributed by atoms with Crippen LogP contribution >= 0.6 is 0 Å². The maximum absolute atomic E-state index is 15.5. The van der Waals surface area contributed by atoms with Crippen LogP contribution in [-0.2, 0) is 16.6 Å². The van der Waals surface area contributed by atoms with Gasteiger partial charge in [0.1, 0.15) is 11.6 Å². The van der Waals surface area contributed by atoms with Crippen molar-refractivity contribution in [2.24, 2.45) is 5.14 Å². The number of nitrogens with two attached hydrogens (primary N) is 1. The molecule has 0 bridgehead atoms. The highest BCUT2D eigenvalue weighted by Gasteiger charge is 2.17. The molecule has 3 aromatic carbocycles. The van der Waals surface area contributed by atoms with E-state index in [1.54, 1.807) is 60.7 Å². The van der Waals surface area contributed by atoms with Crippen LogP contribution in [0.15, 0.2) is 60.7 Å². The first-order valence-electron chi connectivity index (χ1n) is 9.04. The second-order valence-corrected chi connectivity index (χ2v) is 8.07. The van der Waals surface area contributed by atoms with Crippen LogP contribution < -0.4 is 14.6 Å². The topological polar surface area (TPSA) is 98.5 Å². The lowest BCUT2D eigenvalue weighted by Gasteiger charge is -2.14. The summed E-state index contributed by atoms with van der Waals surface area (Å²) in [4.78, 5) is 11.7. The minimum absolute atomic E-state index is 0. The Morgan fingerprint density at radius 3 is 2.35 bits per heavy atom. The molecule has 0 amide bonds. The van der Waals surface area contributed by atoms with Gasteiger partial charge in [-0.3, -0.25) is 9.52 Å². The predicted octanol–water partition coefficient (Wildman–Crippen LogP) is 4.36. The molecule has 164 valence electrons. The molecule has 0 spiro atoms. The van der Waals surface area contributed by atoms with E-state index in [-0.39, 0.29) is 25.2 Å². The highest BCUT2D eigenvalue weighted by atomic mass is 32.2. The van der Waals surface area contributed by atoms with Crippen molar-refractivity contribution in [3.8, 4) is 16.9 Å². The van der Waals surface area contributed by atoms with Crippen LogP contribution in [0, 0.1) is 13.2 Å². The van der Waals surface area contributed by atoms with Gasteiger partial charge in [-0.2, -0.15) is 8.42 Å². The number of halogens is 1. The summed E-state index contributed by atoms with van der Waals surface area (Å²) in [6, 6.07) is 16.6. The molecule has 8 heteroatoms. The van der Waals surface area contributed by atoms with E-state index in [9.17, 15) is 13.2 Å². The molecule has 0 heterocycles. The maximum atomic E-state index is 15.5. The van der Waals surface area contributed by atoms with Crippen LogP contribution in [0.2, 0.25) is 0 Å². The highest BCUT2D eigenvalue weighted by molar-refractivity contribution is 7.90. The Kier molecular flexibility index (Phi) is 7.54. The van der Waals surface area contributed by atoms with Crippen molar-refractivity contribution in [1.29, 1.82) is 0 Å². The Morgan fingerprint density at radius 1 is 1.10 bits per heavy atom. The molecule has 6 nitrogen and oxygen atoms in total. The van der Waals surface area contributed by atoms with Crippen molar-refractivity contribution in [2.45, 2.75) is 13.3 Å². The highest BCUT2D eigenvalue weighted by Crippen LogP contribution is 2.35. The molecule has 0 atom stereocenters. The van der Waals surface area contributed by atoms with Crippen molar-refractivity contribution >= 4 is 21.7 Å². The maximum Gasteiger partial charge on any atom is 0.296 e. The van der Waals surface area contributed by atoms with Crippen molar-refractivity contribution < 1.29 is 22.3 Å². The fourth-order valence-corrected chi connectivity index (χ4v) is 3.61. The van der Waals surface area contributed by atoms with E-state index in [4.69, 9.17) is 9.88 Å². The molecule has 0 aliphatic rings. The largest absolute Gasteiger partial charge is 0.496 e. The standard InChI is InChI=1S/C22H21FN2O4S.CH3/c1-14(26)16-4-3-5-17(13-16)21-20(29-2)11-8-18(22(21)23)12-15-6-9-19(10-7-15)25-30(24,27)28;/h3-11,13,25H,12H2,1-2H3,(H2,24,27,28);1H3/q;-1. The van der Waals surface area contributed by atoms with Gasteiger partial charge in [0.2, 0.25) is 0 Å². The monoisotopic (exact) mass is 443 g/mol. The number of carbonyl (C=O) groups is 1. The van der Waals surface area contributed by atoms with Gasteiger partial charge < -0.3 is 12.2 Å². The van der Waals surface area contributed by atoms with E-state index in [0.29, 0.717) is 28.1 Å². The summed E-state index contributed by atoms with van der Waals surface area (Å²) in [5, 5.41) is 4.96. The molecular weight excluding hydrogens is 419 g/mol. The van der Waals surface area contributed by atoms with E-state index in [1.165, 1.54) is 14.0 Å². The average Bonchev–Trinajstić information content (AvgIpc) is 2.69. The predicted molar refractivity (Wildman–Crippen MR) is 121 cm³/mol. The summed E-state index contributed by atoms with van der Waals surface area (Å²) >= 11 is 0. The summed E-state index contributed by atoms with van der Waals surface area (Å²) in [5.41, 5.74) is 2.85. The second-order valence-electron chi connectivity index (χ2n) is 6.77. The minimum Gasteiger partial charge on any atom is -0.496 e. The zero-order chi connectivity index (χ0) is 21.9. The molecule has 3 aromatic rings. The first-order valence-corrected chi connectivity index (χ1v) is 10.6. The Morgan fingerprint density at radius 2 is 1.77 bits per heavy atom. The number of carbonyl (C=O) groups excluding carboxylic acids is 1. The van der Waals surface area contributed by atoms with Gasteiger partial charge in [0.15, 0.2) is 5.78 Å². The van der Waals surface area contributed by atoms with Gasteiger partial charge in [-0.1, -0.05) is 36.4 Å². The molecule has 0 saturated heterocycles. The van der Waals surface area contributed by atoms with E-state index in [2.05, 4.69) is 4.72 Å². The third-order valence-corrected chi connectivity index (χ3v) is 5.09. The average molecular weight is 444 g/mol. The van der Waals surface area contributed by atoms with Gasteiger partial charge in [-0.05, 0) is 47.9 Å². The van der Waals surface area contributed by atoms with Gasteiger partial charge in [-0.15, -0.1) is 0 Å². The van der Waals surface area contributed by atoms with Gasteiger partial charge in [0.25, 0.3) is 10.2 Å². The summed E-state index contributed by atoms with van der Waals surface area (Å²) < 4.78 is 45.2. The van der Waals surface area contributed by atoms with Crippen LogP contribution in [0.5, 0.6) is 5.75 Å². The molecule has 0 aliphatic carbocycles. The van der Waals surface area contributed by atoms with Gasteiger partial charge in [-0.25, -0.2) is 9.53 Å². The minimum atomic E-state index is -3.86. The third kappa shape index (κ3) is 5.90. The van der Waals surface area contributed by atoms with E-state index in [0.717, 1.165) is 5.56 Å². The normalized spacial score (nSPS) is 10.8. The lowest BCUT2D eigenvalue weighted by atomic mass is 9.95. The Bertz CT molecular complexity index is 1190. The fourth-order valence-electron chi connectivity index (χ4n) is 3.15. The molecule has 0 radical (unpaired) electrons. The number of hydrogen-bond acceptors (Lipinski definition) is 4. The second kappa shape index (κ2) is 9.72. The quantitative estimate of drug-likeness (QED) is 0.419. The fraction of sp³-hybridized carbons (Fsp3) is 0.130. The van der Waals surface area contributed by atoms with Crippen molar-refractivity contribution in [2.75, 3.05) is 11.8 Å². The molecular formula is C23H24FN2O4S-. The number of anilines is 1. The smallest absolute Gasteiger partial charge is 0.296 e. The third-order valence-electron chi connectivity index (χ3n) is 4.57. The summed E-state index contributed by atoms with van der Waals surface area (Å²) in [6.45, 7) is 1.46. The molecule has 0 aliphatic heterocycles. The molecule has 0 unspecified atom stereocenters. The number of rotatable bonds is 7. The van der Waals surface area contributed by atoms with Crippen LogP contribution in [0.4, 0.5) is 10.1 Å². The van der Waals surface area contributed by atoms with Gasteiger partial charge in [0.05, 0.1) is 12.7 Å². The molecule has 31 heavy (non-hydrogen) atoms. The number of methoxy groups -OCH3 is 1. The SMILES string of the molecule is COc1ccc(Cc2ccc(NS(N)(=O)=O)cc2)c(F)c1-c1cccc(C(C)=O)c1.[CH3-]. The summed E-state index contributed by atoms with van der Waals surface area (Å²) in [7, 11) is -2.39. The number of ketones is 1. The summed E-state index contributed by atoms with van der Waals surface area (Å²) in [6.07, 6.45) is 0.283. The van der Waals surface area contributed by atoms with Crippen molar-refractivity contribution in [3.63, 3.8) is 0 Å². The molecule has 0 aromatic heterocycles. The van der Waals surface area contributed by atoms with Crippen molar-refractivity contribution in [3.05, 3.63) is 90.6 Å². The molecule has 0 fully saturated rings. The molecule has 3 rings (SSSR count). The van der Waals surface area contributed by atoms with Crippen LogP contribution in [0.3, 0.4) is 0 Å². The number of nitrogens with one attached hydrogen (secondary N) is 1. The Hall–Kier alpha value is -3.23. The van der Waals surface area contributed by atoms with E-state index >= 15 is 4.39 Å². The summed E-state index contributed by atoms with van der Waals surface area (Å²) in [5.74, 6) is -0.188. The number of hydrogen-bond donors (Lipinski definition) is 2. The first kappa shape index (κ1) is 24.0. The lowest BCUT2D eigenvalue weighted by molar-refractivity contribution is 0.101. The lowest BCUT2D eigenvalue weighted by Crippen LogP contribution is -2.21. The van der Waals surface area contributed by atoms with E-state index in [1.807, 2.05) is 0 Å². The molecule has 3 N–H and O–H groups in total. The zero-order valence-electron chi connectivity index (χ0n) is 17.5. The van der Waals surface area contributed by atoms with Crippen LogP contribution in [-0.4, -0.2) is 21.3 Å². The number of benzene rings is 3. The molecule has 0 saturated carbocycles. The number of ether oxygens (including phenoxy) is 1. The van der Waals surface area contributed by atoms with Gasteiger partial charge >= 0.3 is 0 Å². The Balaban J connectivity index is 0.00000341. The Labute approximate surface area is 182 Å². The van der Waals surface area contributed by atoms with Crippen LogP contribution in [0.25, 0.3) is 11.1 Å². The van der Waals surface area contributed by atoms with Crippen LogP contribution in [0.1, 0.15) is 28.4 Å². The van der Waals surface area contributed by atoms with Crippen molar-refractivity contribution in [1.82, 2.24) is 0 Å². The number of Topliss-reactive ketones (excluding diaryl/α,β-unsaturated/α-hetero) is 1. The first-order chi connectivity index (χ1) is 14.2.